The second-order valence-electron chi connectivity index (χ2n) is 4.08. The Morgan fingerprint density at radius 2 is 2.00 bits per heavy atom. The van der Waals surface area contributed by atoms with Crippen LogP contribution < -0.4 is 10.2 Å². The molecule has 0 aromatic carbocycles. The zero-order chi connectivity index (χ0) is 12.1. The Balaban J connectivity index is 2.74. The standard InChI is InChI=1S/C10H18ClN5/c1-7(2)5-6-16(4)10-14-8(11)13-9(12-3)15-10/h7H,5-6H2,1-4H3,(H,12,13,14,15). The Morgan fingerprint density at radius 1 is 1.31 bits per heavy atom. The molecule has 1 heterocycles. The average molecular weight is 244 g/mol. The van der Waals surface area contributed by atoms with Gasteiger partial charge in [0.1, 0.15) is 0 Å². The summed E-state index contributed by atoms with van der Waals surface area (Å²) in [4.78, 5) is 14.2. The van der Waals surface area contributed by atoms with Crippen LogP contribution in [0.2, 0.25) is 5.28 Å². The van der Waals surface area contributed by atoms with Gasteiger partial charge in [-0.25, -0.2) is 0 Å². The Morgan fingerprint density at radius 3 is 2.56 bits per heavy atom. The topological polar surface area (TPSA) is 53.9 Å². The first-order chi connectivity index (χ1) is 7.52. The van der Waals surface area contributed by atoms with Crippen molar-refractivity contribution in [3.63, 3.8) is 0 Å². The van der Waals surface area contributed by atoms with Gasteiger partial charge in [-0.3, -0.25) is 0 Å². The molecule has 0 bridgehead atoms. The molecule has 1 N–H and O–H groups in total. The zero-order valence-corrected chi connectivity index (χ0v) is 10.9. The van der Waals surface area contributed by atoms with Crippen LogP contribution in [-0.2, 0) is 0 Å². The van der Waals surface area contributed by atoms with Crippen LogP contribution in [0.5, 0.6) is 0 Å². The van der Waals surface area contributed by atoms with Gasteiger partial charge in [-0.2, -0.15) is 15.0 Å². The number of hydrogen-bond donors (Lipinski definition) is 1. The molecule has 0 aliphatic heterocycles. The molecule has 0 atom stereocenters. The van der Waals surface area contributed by atoms with Crippen molar-refractivity contribution in [2.75, 3.05) is 30.9 Å². The highest BCUT2D eigenvalue weighted by molar-refractivity contribution is 6.28. The molecular formula is C10H18ClN5. The van der Waals surface area contributed by atoms with Gasteiger partial charge in [0.15, 0.2) is 0 Å². The average Bonchev–Trinajstić information content (AvgIpc) is 2.24. The fourth-order valence-electron chi connectivity index (χ4n) is 1.17. The number of halogens is 1. The number of nitrogens with one attached hydrogen (secondary N) is 1. The molecule has 0 radical (unpaired) electrons. The van der Waals surface area contributed by atoms with E-state index in [1.807, 2.05) is 11.9 Å². The van der Waals surface area contributed by atoms with E-state index in [4.69, 9.17) is 11.6 Å². The first kappa shape index (κ1) is 13.0. The summed E-state index contributed by atoms with van der Waals surface area (Å²) in [6, 6.07) is 0. The number of rotatable bonds is 5. The van der Waals surface area contributed by atoms with Gasteiger partial charge < -0.3 is 10.2 Å². The molecule has 0 aliphatic rings. The van der Waals surface area contributed by atoms with Crippen LogP contribution in [0, 0.1) is 5.92 Å². The molecule has 0 saturated carbocycles. The van der Waals surface area contributed by atoms with Gasteiger partial charge in [0.05, 0.1) is 0 Å². The van der Waals surface area contributed by atoms with Gasteiger partial charge in [0, 0.05) is 20.6 Å². The molecule has 1 rings (SSSR count). The molecule has 1 aromatic rings. The van der Waals surface area contributed by atoms with E-state index in [2.05, 4.69) is 34.1 Å². The van der Waals surface area contributed by atoms with Crippen LogP contribution >= 0.6 is 11.6 Å². The normalized spacial score (nSPS) is 10.6. The number of hydrogen-bond acceptors (Lipinski definition) is 5. The van der Waals surface area contributed by atoms with Crippen LogP contribution in [-0.4, -0.2) is 35.6 Å². The Kier molecular flexibility index (Phi) is 4.73. The lowest BCUT2D eigenvalue weighted by Crippen LogP contribution is -2.23. The highest BCUT2D eigenvalue weighted by Crippen LogP contribution is 2.13. The van der Waals surface area contributed by atoms with Gasteiger partial charge in [0.2, 0.25) is 17.2 Å². The van der Waals surface area contributed by atoms with Crippen LogP contribution in [0.25, 0.3) is 0 Å². The summed E-state index contributed by atoms with van der Waals surface area (Å²) in [5, 5.41) is 3.07. The molecule has 0 aliphatic carbocycles. The molecular weight excluding hydrogens is 226 g/mol. The van der Waals surface area contributed by atoms with E-state index in [0.717, 1.165) is 13.0 Å². The maximum Gasteiger partial charge on any atom is 0.231 e. The number of aromatic nitrogens is 3. The summed E-state index contributed by atoms with van der Waals surface area (Å²) >= 11 is 5.81. The molecule has 0 amide bonds. The summed E-state index contributed by atoms with van der Waals surface area (Å²) in [6.45, 7) is 5.28. The summed E-state index contributed by atoms with van der Waals surface area (Å²) < 4.78 is 0. The number of anilines is 2. The minimum absolute atomic E-state index is 0.214. The van der Waals surface area contributed by atoms with E-state index in [1.165, 1.54) is 0 Å². The lowest BCUT2D eigenvalue weighted by Gasteiger charge is -2.18. The van der Waals surface area contributed by atoms with E-state index < -0.39 is 0 Å². The van der Waals surface area contributed by atoms with E-state index in [9.17, 15) is 0 Å². The molecule has 0 fully saturated rings. The Hall–Kier alpha value is -1.10. The molecule has 0 unspecified atom stereocenters. The van der Waals surface area contributed by atoms with Crippen molar-refractivity contribution in [2.24, 2.45) is 5.92 Å². The van der Waals surface area contributed by atoms with E-state index in [1.54, 1.807) is 7.05 Å². The minimum Gasteiger partial charge on any atom is -0.357 e. The minimum atomic E-state index is 0.214. The first-order valence-corrected chi connectivity index (χ1v) is 5.71. The lowest BCUT2D eigenvalue weighted by atomic mass is 10.1. The van der Waals surface area contributed by atoms with Crippen molar-refractivity contribution in [1.82, 2.24) is 15.0 Å². The largest absolute Gasteiger partial charge is 0.357 e. The molecule has 16 heavy (non-hydrogen) atoms. The predicted molar refractivity (Wildman–Crippen MR) is 67.1 cm³/mol. The van der Waals surface area contributed by atoms with Gasteiger partial charge in [0.25, 0.3) is 0 Å². The van der Waals surface area contributed by atoms with Crippen LogP contribution in [0.3, 0.4) is 0 Å². The zero-order valence-electron chi connectivity index (χ0n) is 10.2. The van der Waals surface area contributed by atoms with Crippen molar-refractivity contribution in [3.05, 3.63) is 5.28 Å². The molecule has 5 nitrogen and oxygen atoms in total. The molecule has 90 valence electrons. The molecule has 6 heteroatoms. The third-order valence-electron chi connectivity index (χ3n) is 2.20. The molecule has 0 saturated heterocycles. The fourth-order valence-corrected chi connectivity index (χ4v) is 1.33. The molecule has 1 aromatic heterocycles. The fraction of sp³-hybridized carbons (Fsp3) is 0.700. The van der Waals surface area contributed by atoms with Crippen molar-refractivity contribution in [1.29, 1.82) is 0 Å². The summed E-state index contributed by atoms with van der Waals surface area (Å²) in [5.41, 5.74) is 0. The van der Waals surface area contributed by atoms with Crippen LogP contribution in [0.1, 0.15) is 20.3 Å². The van der Waals surface area contributed by atoms with Gasteiger partial charge in [-0.1, -0.05) is 13.8 Å². The number of nitrogens with zero attached hydrogens (tertiary/aromatic N) is 4. The second kappa shape index (κ2) is 5.84. The lowest BCUT2D eigenvalue weighted by molar-refractivity contribution is 0.581. The molecule has 0 spiro atoms. The summed E-state index contributed by atoms with van der Waals surface area (Å²) in [7, 11) is 3.71. The van der Waals surface area contributed by atoms with Gasteiger partial charge in [-0.15, -0.1) is 0 Å². The maximum absolute atomic E-state index is 5.81. The van der Waals surface area contributed by atoms with Crippen molar-refractivity contribution in [2.45, 2.75) is 20.3 Å². The highest BCUT2D eigenvalue weighted by Gasteiger charge is 2.08. The summed E-state index contributed by atoms with van der Waals surface area (Å²) in [6.07, 6.45) is 1.09. The first-order valence-electron chi connectivity index (χ1n) is 5.33. The van der Waals surface area contributed by atoms with E-state index >= 15 is 0 Å². The monoisotopic (exact) mass is 243 g/mol. The quantitative estimate of drug-likeness (QED) is 0.858. The maximum atomic E-state index is 5.81. The van der Waals surface area contributed by atoms with Crippen molar-refractivity contribution in [3.8, 4) is 0 Å². The van der Waals surface area contributed by atoms with Gasteiger partial charge >= 0.3 is 0 Å². The van der Waals surface area contributed by atoms with Crippen LogP contribution in [0.4, 0.5) is 11.9 Å². The second-order valence-corrected chi connectivity index (χ2v) is 4.42. The SMILES string of the molecule is CNc1nc(Cl)nc(N(C)CCC(C)C)n1. The summed E-state index contributed by atoms with van der Waals surface area (Å²) in [5.74, 6) is 1.75. The smallest absolute Gasteiger partial charge is 0.231 e. The van der Waals surface area contributed by atoms with Crippen molar-refractivity contribution >= 4 is 23.5 Å². The third kappa shape index (κ3) is 3.81. The van der Waals surface area contributed by atoms with E-state index in [-0.39, 0.29) is 5.28 Å². The Labute approximate surface area is 101 Å². The van der Waals surface area contributed by atoms with Crippen LogP contribution in [0.15, 0.2) is 0 Å². The van der Waals surface area contributed by atoms with Crippen molar-refractivity contribution < 1.29 is 0 Å². The third-order valence-corrected chi connectivity index (χ3v) is 2.37. The Bertz CT molecular complexity index is 342. The predicted octanol–water partition coefficient (Wildman–Crippen LogP) is 2.05. The van der Waals surface area contributed by atoms with E-state index in [0.29, 0.717) is 17.8 Å². The van der Waals surface area contributed by atoms with Gasteiger partial charge in [-0.05, 0) is 23.9 Å². The highest BCUT2D eigenvalue weighted by atomic mass is 35.5.